The zero-order valence-electron chi connectivity index (χ0n) is 15.9. The van der Waals surface area contributed by atoms with Crippen LogP contribution in [0.15, 0.2) is 41.3 Å². The summed E-state index contributed by atoms with van der Waals surface area (Å²) in [6.07, 6.45) is 4.50. The van der Waals surface area contributed by atoms with E-state index >= 15 is 0 Å². The molecule has 3 heterocycles. The molecule has 7 heteroatoms. The lowest BCUT2D eigenvalue weighted by Gasteiger charge is -2.11. The summed E-state index contributed by atoms with van der Waals surface area (Å²) in [5.41, 5.74) is 2.84. The van der Waals surface area contributed by atoms with Crippen LogP contribution in [0, 0.1) is 0 Å². The summed E-state index contributed by atoms with van der Waals surface area (Å²) >= 11 is 0. The highest BCUT2D eigenvalue weighted by atomic mass is 16.2. The van der Waals surface area contributed by atoms with Crippen LogP contribution < -0.4 is 16.2 Å². The Kier molecular flexibility index (Phi) is 3.07. The van der Waals surface area contributed by atoms with E-state index in [0.29, 0.717) is 17.6 Å². The molecule has 3 aromatic rings. The standard InChI is InChI=1S/C22H20N4O3/c1-26-10-13(15-9-22(15)14-4-2-3-5-16(14)25-21(22)29)12-8-17(24-18(12)20(26)28)19(27)23-11-6-7-11/h2-5,8,10-11,15,24H,6-7,9H2,1H3,(H,23,27)(H,25,29)/t15-,22-/m1/s1. The number of aryl methyl sites for hydroxylation is 1. The van der Waals surface area contributed by atoms with Gasteiger partial charge in [-0.15, -0.1) is 0 Å². The number of anilines is 1. The first-order valence-electron chi connectivity index (χ1n) is 9.93. The second-order valence-electron chi connectivity index (χ2n) is 8.45. The van der Waals surface area contributed by atoms with Crippen molar-refractivity contribution in [2.45, 2.75) is 36.6 Å². The number of H-pyrrole nitrogens is 1. The molecular formula is C22H20N4O3. The molecule has 3 aliphatic rings. The highest BCUT2D eigenvalue weighted by Gasteiger charge is 2.65. The van der Waals surface area contributed by atoms with E-state index < -0.39 is 5.41 Å². The number of pyridine rings is 1. The minimum absolute atomic E-state index is 0.00735. The SMILES string of the molecule is Cn1cc([C@H]2C[C@]23C(=O)Nc2ccccc23)c2cc(C(=O)NC3CC3)[nH]c2c1=O. The minimum atomic E-state index is -0.589. The topological polar surface area (TPSA) is 96.0 Å². The first-order chi connectivity index (χ1) is 14.0. The number of amides is 2. The summed E-state index contributed by atoms with van der Waals surface area (Å²) in [4.78, 5) is 41.1. The molecular weight excluding hydrogens is 368 g/mol. The quantitative estimate of drug-likeness (QED) is 0.641. The van der Waals surface area contributed by atoms with E-state index in [1.54, 1.807) is 13.1 Å². The van der Waals surface area contributed by atoms with Gasteiger partial charge in [0.05, 0.1) is 5.41 Å². The first-order valence-corrected chi connectivity index (χ1v) is 9.93. The van der Waals surface area contributed by atoms with E-state index in [-0.39, 0.29) is 29.3 Å². The van der Waals surface area contributed by atoms with E-state index in [1.165, 1.54) is 4.57 Å². The van der Waals surface area contributed by atoms with Crippen molar-refractivity contribution in [3.63, 3.8) is 0 Å². The molecule has 1 aliphatic heterocycles. The smallest absolute Gasteiger partial charge is 0.274 e. The molecule has 146 valence electrons. The van der Waals surface area contributed by atoms with Crippen molar-refractivity contribution in [3.8, 4) is 0 Å². The third kappa shape index (κ3) is 2.21. The van der Waals surface area contributed by atoms with Gasteiger partial charge in [0.1, 0.15) is 11.2 Å². The Morgan fingerprint density at radius 3 is 2.83 bits per heavy atom. The molecule has 2 aliphatic carbocycles. The zero-order chi connectivity index (χ0) is 19.9. The van der Waals surface area contributed by atoms with Crippen LogP contribution in [0.25, 0.3) is 10.9 Å². The molecule has 2 amide bonds. The number of para-hydroxylation sites is 1. The van der Waals surface area contributed by atoms with Crippen LogP contribution in [0.2, 0.25) is 0 Å². The summed E-state index contributed by atoms with van der Waals surface area (Å²) in [6, 6.07) is 9.78. The monoisotopic (exact) mass is 388 g/mol. The molecule has 1 aromatic carbocycles. The summed E-state index contributed by atoms with van der Waals surface area (Å²) in [6.45, 7) is 0. The molecule has 2 aromatic heterocycles. The van der Waals surface area contributed by atoms with Crippen molar-refractivity contribution in [1.82, 2.24) is 14.9 Å². The third-order valence-electron chi connectivity index (χ3n) is 6.55. The van der Waals surface area contributed by atoms with Gasteiger partial charge in [-0.25, -0.2) is 0 Å². The van der Waals surface area contributed by atoms with Gasteiger partial charge in [-0.05, 0) is 42.5 Å². The molecule has 0 saturated heterocycles. The number of hydrogen-bond donors (Lipinski definition) is 3. The number of aromatic amines is 1. The number of fused-ring (bicyclic) bond motifs is 3. The summed E-state index contributed by atoms with van der Waals surface area (Å²) in [5.74, 6) is -0.213. The Hall–Kier alpha value is -3.35. The Bertz CT molecular complexity index is 1280. The number of nitrogens with zero attached hydrogens (tertiary/aromatic N) is 1. The lowest BCUT2D eigenvalue weighted by Crippen LogP contribution is -2.25. The number of aromatic nitrogens is 2. The maximum absolute atomic E-state index is 12.9. The van der Waals surface area contributed by atoms with Crippen molar-refractivity contribution in [3.05, 3.63) is 63.7 Å². The Morgan fingerprint density at radius 1 is 1.24 bits per heavy atom. The van der Waals surface area contributed by atoms with Gasteiger partial charge >= 0.3 is 0 Å². The molecule has 0 unspecified atom stereocenters. The van der Waals surface area contributed by atoms with Gasteiger partial charge in [0.2, 0.25) is 5.91 Å². The summed E-state index contributed by atoms with van der Waals surface area (Å²) in [5, 5.41) is 6.68. The van der Waals surface area contributed by atoms with Crippen LogP contribution in [0.4, 0.5) is 5.69 Å². The van der Waals surface area contributed by atoms with E-state index in [4.69, 9.17) is 0 Å². The fraction of sp³-hybridized carbons (Fsp3) is 0.318. The molecule has 1 spiro atoms. The van der Waals surface area contributed by atoms with Crippen LogP contribution in [0.3, 0.4) is 0 Å². The van der Waals surface area contributed by atoms with Gasteiger partial charge in [0.15, 0.2) is 0 Å². The van der Waals surface area contributed by atoms with Crippen molar-refractivity contribution < 1.29 is 9.59 Å². The molecule has 2 saturated carbocycles. The normalized spacial score (nSPS) is 24.6. The van der Waals surface area contributed by atoms with Gasteiger partial charge in [-0.1, -0.05) is 18.2 Å². The molecule has 3 N–H and O–H groups in total. The summed E-state index contributed by atoms with van der Waals surface area (Å²) in [7, 11) is 1.70. The van der Waals surface area contributed by atoms with Gasteiger partial charge in [0.25, 0.3) is 11.5 Å². The largest absolute Gasteiger partial charge is 0.348 e. The predicted octanol–water partition coefficient (Wildman–Crippen LogP) is 2.14. The number of nitrogens with one attached hydrogen (secondary N) is 3. The second kappa shape index (κ2) is 5.37. The van der Waals surface area contributed by atoms with Gasteiger partial charge in [-0.2, -0.15) is 0 Å². The fourth-order valence-corrected chi connectivity index (χ4v) is 4.78. The lowest BCUT2D eigenvalue weighted by atomic mass is 9.91. The average Bonchev–Trinajstić information content (AvgIpc) is 3.59. The van der Waals surface area contributed by atoms with E-state index in [9.17, 15) is 14.4 Å². The van der Waals surface area contributed by atoms with Crippen LogP contribution in [-0.4, -0.2) is 27.4 Å². The number of hydrogen-bond acceptors (Lipinski definition) is 3. The Balaban J connectivity index is 1.48. The molecule has 7 nitrogen and oxygen atoms in total. The molecule has 2 fully saturated rings. The van der Waals surface area contributed by atoms with Crippen LogP contribution in [-0.2, 0) is 17.3 Å². The predicted molar refractivity (Wildman–Crippen MR) is 108 cm³/mol. The maximum Gasteiger partial charge on any atom is 0.274 e. The third-order valence-corrected chi connectivity index (χ3v) is 6.55. The minimum Gasteiger partial charge on any atom is -0.348 e. The van der Waals surface area contributed by atoms with Crippen LogP contribution in [0.1, 0.15) is 46.8 Å². The maximum atomic E-state index is 12.9. The Morgan fingerprint density at radius 2 is 2.03 bits per heavy atom. The van der Waals surface area contributed by atoms with Gasteiger partial charge < -0.3 is 20.2 Å². The molecule has 2 atom stereocenters. The zero-order valence-corrected chi connectivity index (χ0v) is 15.9. The van der Waals surface area contributed by atoms with E-state index in [0.717, 1.165) is 35.0 Å². The average molecular weight is 388 g/mol. The van der Waals surface area contributed by atoms with E-state index in [1.807, 2.05) is 30.5 Å². The van der Waals surface area contributed by atoms with Crippen molar-refractivity contribution in [1.29, 1.82) is 0 Å². The number of rotatable bonds is 3. The van der Waals surface area contributed by atoms with Crippen molar-refractivity contribution in [2.75, 3.05) is 5.32 Å². The highest BCUT2D eigenvalue weighted by Crippen LogP contribution is 2.65. The second-order valence-corrected chi connectivity index (χ2v) is 8.45. The lowest BCUT2D eigenvalue weighted by molar-refractivity contribution is -0.118. The van der Waals surface area contributed by atoms with Crippen LogP contribution >= 0.6 is 0 Å². The Labute approximate surface area is 166 Å². The first kappa shape index (κ1) is 16.6. The summed E-state index contributed by atoms with van der Waals surface area (Å²) < 4.78 is 1.53. The number of benzene rings is 1. The molecule has 0 bridgehead atoms. The fourth-order valence-electron chi connectivity index (χ4n) is 4.78. The number of carbonyl (C=O) groups is 2. The number of carbonyl (C=O) groups excluding carboxylic acids is 2. The molecule has 0 radical (unpaired) electrons. The van der Waals surface area contributed by atoms with Gasteiger partial charge in [-0.3, -0.25) is 14.4 Å². The van der Waals surface area contributed by atoms with E-state index in [2.05, 4.69) is 15.6 Å². The molecule has 29 heavy (non-hydrogen) atoms. The highest BCUT2D eigenvalue weighted by molar-refractivity contribution is 6.10. The molecule has 6 rings (SSSR count). The van der Waals surface area contributed by atoms with Crippen molar-refractivity contribution in [2.24, 2.45) is 7.05 Å². The van der Waals surface area contributed by atoms with Crippen LogP contribution in [0.5, 0.6) is 0 Å². The van der Waals surface area contributed by atoms with Gasteiger partial charge in [0, 0.05) is 36.3 Å². The van der Waals surface area contributed by atoms with Crippen molar-refractivity contribution >= 4 is 28.4 Å².